The van der Waals surface area contributed by atoms with Crippen LogP contribution >= 0.6 is 0 Å². The van der Waals surface area contributed by atoms with E-state index < -0.39 is 0 Å². The third kappa shape index (κ3) is 7.92. The molecule has 0 atom stereocenters. The predicted molar refractivity (Wildman–Crippen MR) is 238 cm³/mol. The lowest BCUT2D eigenvalue weighted by atomic mass is 9.97. The summed E-state index contributed by atoms with van der Waals surface area (Å²) in [4.78, 5) is 4.53. The van der Waals surface area contributed by atoms with Gasteiger partial charge in [0.25, 0.3) is 0 Å². The van der Waals surface area contributed by atoms with Gasteiger partial charge in [-0.1, -0.05) is 145 Å². The number of aryl methyl sites for hydroxylation is 2. The number of nitrogens with zero attached hydrogens (tertiary/aromatic N) is 3. The van der Waals surface area contributed by atoms with Crippen molar-refractivity contribution in [1.82, 2.24) is 0 Å². The molecule has 56 heavy (non-hydrogen) atoms. The van der Waals surface area contributed by atoms with E-state index in [1.54, 1.807) is 0 Å². The first kappa shape index (κ1) is 35.6. The molecular formula is C53H41N3. The van der Waals surface area contributed by atoms with Crippen LogP contribution in [0.4, 0.5) is 34.1 Å². The molecule has 0 aliphatic heterocycles. The van der Waals surface area contributed by atoms with Gasteiger partial charge in [-0.25, -0.2) is 0 Å². The number of anilines is 6. The molecule has 0 spiro atoms. The molecule has 0 aromatic heterocycles. The van der Waals surface area contributed by atoms with E-state index in [-0.39, 0.29) is 0 Å². The highest BCUT2D eigenvalue weighted by molar-refractivity contribution is 5.94. The third-order valence-corrected chi connectivity index (χ3v) is 10.0. The van der Waals surface area contributed by atoms with E-state index in [2.05, 4.69) is 218 Å². The minimum atomic E-state index is 0.674. The molecule has 8 aromatic carbocycles. The number of rotatable bonds is 10. The molecule has 0 bridgehead atoms. The van der Waals surface area contributed by atoms with Crippen LogP contribution in [0.25, 0.3) is 35.1 Å². The molecule has 0 saturated carbocycles. The molecule has 0 fully saturated rings. The van der Waals surface area contributed by atoms with Gasteiger partial charge in [0, 0.05) is 39.5 Å². The molecule has 0 heterocycles. The third-order valence-electron chi connectivity index (χ3n) is 10.0. The Labute approximate surface area is 330 Å². The van der Waals surface area contributed by atoms with Gasteiger partial charge in [0.2, 0.25) is 0 Å². The molecule has 0 radical (unpaired) electrons. The highest BCUT2D eigenvalue weighted by Gasteiger charge is 2.13. The first-order chi connectivity index (χ1) is 27.5. The maximum Gasteiger partial charge on any atom is 0.100 e. The molecular weight excluding hydrogens is 679 g/mol. The molecule has 3 heteroatoms. The fraction of sp³-hybridized carbons (Fsp3) is 0.0377. The predicted octanol–water partition coefficient (Wildman–Crippen LogP) is 14.6. The average molecular weight is 720 g/mol. The Bertz CT molecular complexity index is 2670. The van der Waals surface area contributed by atoms with Crippen LogP contribution in [-0.2, 0) is 0 Å². The largest absolute Gasteiger partial charge is 0.311 e. The number of para-hydroxylation sites is 2. The summed E-state index contributed by atoms with van der Waals surface area (Å²) in [6, 6.07) is 68.2. The smallest absolute Gasteiger partial charge is 0.100 e. The van der Waals surface area contributed by atoms with Crippen molar-refractivity contribution >= 4 is 69.2 Å². The first-order valence-electron chi connectivity index (χ1n) is 18.9. The Morgan fingerprint density at radius 2 is 0.786 bits per heavy atom. The van der Waals surface area contributed by atoms with Crippen LogP contribution in [-0.4, -0.2) is 0 Å². The summed E-state index contributed by atoms with van der Waals surface area (Å²) in [6.07, 6.45) is 8.38. The van der Waals surface area contributed by atoms with Crippen molar-refractivity contribution in [3.05, 3.63) is 227 Å². The fourth-order valence-corrected chi connectivity index (χ4v) is 7.02. The van der Waals surface area contributed by atoms with Gasteiger partial charge in [-0.05, 0) is 120 Å². The molecule has 3 nitrogen and oxygen atoms in total. The summed E-state index contributed by atoms with van der Waals surface area (Å²) in [5.74, 6) is 0. The molecule has 0 aliphatic rings. The molecule has 0 unspecified atom stereocenters. The SMILES string of the molecule is Cc1ccc(N(c2ccccc2)c2ccc(/C=C/c3ccc4c(C#N)c(/C=C/c5ccc(N(c6ccccc6)c6ccc(C)cc6)cc5)ccc4c3)cc2)cc1. The number of hydrogen-bond acceptors (Lipinski definition) is 3. The number of benzene rings is 8. The van der Waals surface area contributed by atoms with Crippen molar-refractivity contribution < 1.29 is 0 Å². The highest BCUT2D eigenvalue weighted by Crippen LogP contribution is 2.36. The van der Waals surface area contributed by atoms with Gasteiger partial charge in [-0.2, -0.15) is 5.26 Å². The van der Waals surface area contributed by atoms with Crippen LogP contribution in [0.2, 0.25) is 0 Å². The topological polar surface area (TPSA) is 30.3 Å². The fourth-order valence-electron chi connectivity index (χ4n) is 7.02. The Morgan fingerprint density at radius 3 is 1.25 bits per heavy atom. The van der Waals surface area contributed by atoms with E-state index in [4.69, 9.17) is 0 Å². The maximum atomic E-state index is 10.3. The highest BCUT2D eigenvalue weighted by atomic mass is 15.1. The molecule has 0 amide bonds. The van der Waals surface area contributed by atoms with Crippen molar-refractivity contribution in [2.45, 2.75) is 13.8 Å². The van der Waals surface area contributed by atoms with Gasteiger partial charge in [-0.3, -0.25) is 0 Å². The number of hydrogen-bond donors (Lipinski definition) is 0. The standard InChI is InChI=1S/C53H41N3/c1-39-13-28-48(29-14-39)55(46-9-5-3-6-10-46)50-32-20-41(21-33-50)17-18-43-24-36-52-45(37-43)27-26-44(53(52)38-54)25-19-42-22-34-51(35-23-42)56(47-11-7-4-8-12-47)49-30-15-40(2)16-31-49/h3-37H,1-2H3/b18-17+,25-19+. The maximum absolute atomic E-state index is 10.3. The van der Waals surface area contributed by atoms with Crippen LogP contribution < -0.4 is 9.80 Å². The second kappa shape index (κ2) is 16.3. The van der Waals surface area contributed by atoms with Crippen LogP contribution in [0.5, 0.6) is 0 Å². The van der Waals surface area contributed by atoms with Gasteiger partial charge >= 0.3 is 0 Å². The van der Waals surface area contributed by atoms with Gasteiger partial charge < -0.3 is 9.80 Å². The summed E-state index contributed by atoms with van der Waals surface area (Å²) in [6.45, 7) is 4.22. The lowest BCUT2D eigenvalue weighted by Crippen LogP contribution is -2.09. The van der Waals surface area contributed by atoms with Crippen LogP contribution in [0.3, 0.4) is 0 Å². The van der Waals surface area contributed by atoms with E-state index in [1.165, 1.54) is 11.1 Å². The van der Waals surface area contributed by atoms with Gasteiger partial charge in [0.15, 0.2) is 0 Å². The van der Waals surface area contributed by atoms with E-state index in [0.29, 0.717) is 5.56 Å². The monoisotopic (exact) mass is 719 g/mol. The van der Waals surface area contributed by atoms with Crippen LogP contribution in [0.1, 0.15) is 38.9 Å². The van der Waals surface area contributed by atoms with E-state index in [0.717, 1.165) is 67.2 Å². The molecule has 8 rings (SSSR count). The van der Waals surface area contributed by atoms with Crippen molar-refractivity contribution in [2.75, 3.05) is 9.80 Å². The molecule has 8 aromatic rings. The van der Waals surface area contributed by atoms with E-state index in [9.17, 15) is 5.26 Å². The summed E-state index contributed by atoms with van der Waals surface area (Å²) < 4.78 is 0. The van der Waals surface area contributed by atoms with Crippen molar-refractivity contribution in [2.24, 2.45) is 0 Å². The zero-order valence-corrected chi connectivity index (χ0v) is 31.5. The quantitative estimate of drug-likeness (QED) is 0.132. The lowest BCUT2D eigenvalue weighted by Gasteiger charge is -2.25. The Balaban J connectivity index is 0.993. The molecule has 0 aliphatic carbocycles. The molecule has 0 N–H and O–H groups in total. The lowest BCUT2D eigenvalue weighted by molar-refractivity contribution is 1.27. The van der Waals surface area contributed by atoms with E-state index >= 15 is 0 Å². The molecule has 268 valence electrons. The summed E-state index contributed by atoms with van der Waals surface area (Å²) >= 11 is 0. The van der Waals surface area contributed by atoms with Crippen LogP contribution in [0, 0.1) is 25.2 Å². The first-order valence-corrected chi connectivity index (χ1v) is 18.9. The number of nitriles is 1. The van der Waals surface area contributed by atoms with Crippen molar-refractivity contribution in [3.63, 3.8) is 0 Å². The average Bonchev–Trinajstić information content (AvgIpc) is 3.25. The van der Waals surface area contributed by atoms with Gasteiger partial charge in [-0.15, -0.1) is 0 Å². The second-order valence-electron chi connectivity index (χ2n) is 14.0. The molecule has 0 saturated heterocycles. The normalized spacial score (nSPS) is 11.2. The summed E-state index contributed by atoms with van der Waals surface area (Å²) in [7, 11) is 0. The Hall–Kier alpha value is -7.41. The van der Waals surface area contributed by atoms with Crippen molar-refractivity contribution in [3.8, 4) is 6.07 Å². The Morgan fingerprint density at radius 1 is 0.393 bits per heavy atom. The summed E-state index contributed by atoms with van der Waals surface area (Å²) in [5.41, 5.74) is 13.9. The zero-order chi connectivity index (χ0) is 38.3. The van der Waals surface area contributed by atoms with Crippen LogP contribution in [0.15, 0.2) is 188 Å². The van der Waals surface area contributed by atoms with Gasteiger partial charge in [0.05, 0.1) is 5.56 Å². The van der Waals surface area contributed by atoms with Gasteiger partial charge in [0.1, 0.15) is 6.07 Å². The van der Waals surface area contributed by atoms with E-state index in [1.807, 2.05) is 24.3 Å². The minimum absolute atomic E-state index is 0.674. The Kier molecular flexibility index (Phi) is 10.4. The second-order valence-corrected chi connectivity index (χ2v) is 14.0. The zero-order valence-electron chi connectivity index (χ0n) is 31.5. The van der Waals surface area contributed by atoms with Crippen molar-refractivity contribution in [1.29, 1.82) is 5.26 Å². The number of fused-ring (bicyclic) bond motifs is 1. The minimum Gasteiger partial charge on any atom is -0.311 e. The summed E-state index contributed by atoms with van der Waals surface area (Å²) in [5, 5.41) is 12.3.